The van der Waals surface area contributed by atoms with Crippen LogP contribution in [0.2, 0.25) is 0 Å². The van der Waals surface area contributed by atoms with Crippen molar-refractivity contribution in [2.45, 2.75) is 25.5 Å². The maximum absolute atomic E-state index is 11.4. The van der Waals surface area contributed by atoms with Crippen LogP contribution in [0.25, 0.3) is 0 Å². The Morgan fingerprint density at radius 1 is 1.53 bits per heavy atom. The monoisotopic (exact) mass is 271 g/mol. The molecule has 0 radical (unpaired) electrons. The van der Waals surface area contributed by atoms with Gasteiger partial charge in [-0.15, -0.1) is 10.2 Å². The molecule has 106 valence electrons. The number of aryl methyl sites for hydroxylation is 1. The maximum atomic E-state index is 11.4. The third-order valence-electron chi connectivity index (χ3n) is 2.47. The van der Waals surface area contributed by atoms with Gasteiger partial charge in [0.2, 0.25) is 0 Å². The highest BCUT2D eigenvalue weighted by Crippen LogP contribution is 1.94. The van der Waals surface area contributed by atoms with Gasteiger partial charge in [0, 0.05) is 20.0 Å². The number of urea groups is 1. The number of nitrogens with zero attached hydrogens (tertiary/aromatic N) is 3. The Morgan fingerprint density at radius 2 is 2.21 bits per heavy atom. The summed E-state index contributed by atoms with van der Waals surface area (Å²) in [6, 6.07) is -2.00. The van der Waals surface area contributed by atoms with Gasteiger partial charge in [0.25, 0.3) is 0 Å². The fourth-order valence-electron chi connectivity index (χ4n) is 1.40. The van der Waals surface area contributed by atoms with Gasteiger partial charge in [-0.3, -0.25) is 0 Å². The predicted molar refractivity (Wildman–Crippen MR) is 64.3 cm³/mol. The smallest absolute Gasteiger partial charge is 0.328 e. The molecule has 9 heteroatoms. The Labute approximate surface area is 109 Å². The Kier molecular flexibility index (Phi) is 5.24. The van der Waals surface area contributed by atoms with E-state index in [9.17, 15) is 14.7 Å². The summed E-state index contributed by atoms with van der Waals surface area (Å²) in [6.07, 6.45) is 0.835. The van der Waals surface area contributed by atoms with Gasteiger partial charge in [-0.1, -0.05) is 0 Å². The molecular weight excluding hydrogens is 254 g/mol. The Bertz CT molecular complexity index is 445. The molecule has 0 aliphatic heterocycles. The Morgan fingerprint density at radius 3 is 2.68 bits per heavy atom. The number of hydrogen-bond acceptors (Lipinski definition) is 5. The topological polar surface area (TPSA) is 129 Å². The molecule has 9 nitrogen and oxygen atoms in total. The predicted octanol–water partition coefficient (Wildman–Crippen LogP) is -1.51. The van der Waals surface area contributed by atoms with E-state index in [2.05, 4.69) is 20.8 Å². The van der Waals surface area contributed by atoms with Crippen molar-refractivity contribution in [3.05, 3.63) is 12.2 Å². The Balaban J connectivity index is 2.35. The van der Waals surface area contributed by atoms with Crippen LogP contribution >= 0.6 is 0 Å². The minimum absolute atomic E-state index is 0.282. The molecule has 0 aromatic carbocycles. The van der Waals surface area contributed by atoms with E-state index >= 15 is 0 Å². The lowest BCUT2D eigenvalue weighted by molar-refractivity contribution is -0.141. The van der Waals surface area contributed by atoms with E-state index in [1.165, 1.54) is 6.92 Å². The molecule has 0 aliphatic carbocycles. The zero-order valence-electron chi connectivity index (χ0n) is 10.7. The largest absolute Gasteiger partial charge is 0.480 e. The molecule has 0 saturated heterocycles. The number of aliphatic hydroxyl groups is 1. The number of aliphatic hydroxyl groups excluding tert-OH is 1. The number of carboxylic acid groups (broad SMARTS) is 1. The molecule has 0 aliphatic rings. The summed E-state index contributed by atoms with van der Waals surface area (Å²) in [5, 5.41) is 30.2. The molecule has 4 N–H and O–H groups in total. The number of carboxylic acids is 1. The van der Waals surface area contributed by atoms with E-state index in [1.807, 2.05) is 0 Å². The normalized spacial score (nSPS) is 13.6. The number of hydrogen-bond donors (Lipinski definition) is 4. The van der Waals surface area contributed by atoms with Gasteiger partial charge >= 0.3 is 12.0 Å². The van der Waals surface area contributed by atoms with Gasteiger partial charge in [0.15, 0.2) is 6.04 Å². The van der Waals surface area contributed by atoms with E-state index < -0.39 is 24.1 Å². The second-order valence-corrected chi connectivity index (χ2v) is 4.06. The molecule has 2 amide bonds. The van der Waals surface area contributed by atoms with Crippen LogP contribution in [0.5, 0.6) is 0 Å². The van der Waals surface area contributed by atoms with Crippen molar-refractivity contribution in [3.63, 3.8) is 0 Å². The van der Waals surface area contributed by atoms with Crippen molar-refractivity contribution in [3.8, 4) is 0 Å². The molecule has 0 spiro atoms. The second kappa shape index (κ2) is 6.69. The highest BCUT2D eigenvalue weighted by molar-refractivity contribution is 5.82. The minimum Gasteiger partial charge on any atom is -0.480 e. The first kappa shape index (κ1) is 14.9. The van der Waals surface area contributed by atoms with E-state index in [4.69, 9.17) is 5.11 Å². The molecule has 0 fully saturated rings. The summed E-state index contributed by atoms with van der Waals surface area (Å²) < 4.78 is 1.72. The molecule has 1 rings (SSSR count). The quantitative estimate of drug-likeness (QED) is 0.498. The highest BCUT2D eigenvalue weighted by atomic mass is 16.4. The van der Waals surface area contributed by atoms with Crippen LogP contribution in [0.15, 0.2) is 6.33 Å². The third kappa shape index (κ3) is 4.54. The average molecular weight is 271 g/mol. The summed E-state index contributed by atoms with van der Waals surface area (Å²) in [6.45, 7) is 1.57. The fourth-order valence-corrected chi connectivity index (χ4v) is 1.40. The summed E-state index contributed by atoms with van der Waals surface area (Å²) in [5.74, 6) is -0.593. The van der Waals surface area contributed by atoms with Crippen molar-refractivity contribution >= 4 is 12.0 Å². The molecule has 1 aromatic rings. The van der Waals surface area contributed by atoms with Crippen LogP contribution in [0.4, 0.5) is 4.79 Å². The van der Waals surface area contributed by atoms with Gasteiger partial charge in [0.05, 0.1) is 6.10 Å². The van der Waals surface area contributed by atoms with E-state index in [1.54, 1.807) is 17.9 Å². The van der Waals surface area contributed by atoms with E-state index in [0.29, 0.717) is 12.2 Å². The molecule has 0 unspecified atom stereocenters. The number of carbonyl (C=O) groups is 2. The molecule has 0 saturated carbocycles. The first-order valence-corrected chi connectivity index (χ1v) is 5.70. The van der Waals surface area contributed by atoms with Crippen molar-refractivity contribution in [2.24, 2.45) is 7.05 Å². The fraction of sp³-hybridized carbons (Fsp3) is 0.600. The SMILES string of the molecule is C[C@@H](O)[C@H](NC(=O)NCCc1nncn1C)C(=O)O. The lowest BCUT2D eigenvalue weighted by Gasteiger charge is -2.17. The first-order chi connectivity index (χ1) is 8.91. The van der Waals surface area contributed by atoms with Crippen LogP contribution in [0, 0.1) is 0 Å². The van der Waals surface area contributed by atoms with Crippen LogP contribution in [0.1, 0.15) is 12.7 Å². The van der Waals surface area contributed by atoms with Gasteiger partial charge in [-0.2, -0.15) is 0 Å². The van der Waals surface area contributed by atoms with Crippen LogP contribution in [-0.2, 0) is 18.3 Å². The molecule has 19 heavy (non-hydrogen) atoms. The van der Waals surface area contributed by atoms with Crippen LogP contribution in [0.3, 0.4) is 0 Å². The summed E-state index contributed by atoms with van der Waals surface area (Å²) in [5.41, 5.74) is 0. The number of aromatic nitrogens is 3. The van der Waals surface area contributed by atoms with Crippen molar-refractivity contribution < 1.29 is 19.8 Å². The molecule has 2 atom stereocenters. The zero-order chi connectivity index (χ0) is 14.4. The first-order valence-electron chi connectivity index (χ1n) is 5.70. The molecule has 1 aromatic heterocycles. The molecule has 1 heterocycles. The summed E-state index contributed by atoms with van der Waals surface area (Å²) >= 11 is 0. The molecule has 0 bridgehead atoms. The Hall–Kier alpha value is -2.16. The van der Waals surface area contributed by atoms with Gasteiger partial charge in [0.1, 0.15) is 12.2 Å². The number of amides is 2. The number of rotatable bonds is 6. The van der Waals surface area contributed by atoms with Crippen molar-refractivity contribution in [2.75, 3.05) is 6.54 Å². The van der Waals surface area contributed by atoms with Gasteiger partial charge in [-0.25, -0.2) is 9.59 Å². The standard InChI is InChI=1S/C10H17N5O4/c1-6(16)8(9(17)18)13-10(19)11-4-3-7-14-12-5-15(7)2/h5-6,8,16H,3-4H2,1-2H3,(H,17,18)(H2,11,13,19)/t6-,8+/m1/s1. The van der Waals surface area contributed by atoms with Crippen molar-refractivity contribution in [1.29, 1.82) is 0 Å². The van der Waals surface area contributed by atoms with E-state index in [-0.39, 0.29) is 6.54 Å². The van der Waals surface area contributed by atoms with Crippen molar-refractivity contribution in [1.82, 2.24) is 25.4 Å². The highest BCUT2D eigenvalue weighted by Gasteiger charge is 2.24. The lowest BCUT2D eigenvalue weighted by atomic mass is 10.2. The summed E-state index contributed by atoms with van der Waals surface area (Å²) in [7, 11) is 1.78. The average Bonchev–Trinajstić information content (AvgIpc) is 2.71. The maximum Gasteiger partial charge on any atom is 0.328 e. The van der Waals surface area contributed by atoms with E-state index in [0.717, 1.165) is 0 Å². The molecular formula is C10H17N5O4. The number of aliphatic carboxylic acids is 1. The third-order valence-corrected chi connectivity index (χ3v) is 2.47. The number of nitrogens with one attached hydrogen (secondary N) is 2. The second-order valence-electron chi connectivity index (χ2n) is 4.06. The number of carbonyl (C=O) groups excluding carboxylic acids is 1. The summed E-state index contributed by atoms with van der Waals surface area (Å²) in [4.78, 5) is 22.2. The van der Waals surface area contributed by atoms with Crippen LogP contribution < -0.4 is 10.6 Å². The minimum atomic E-state index is -1.34. The lowest BCUT2D eigenvalue weighted by Crippen LogP contribution is -2.51. The van der Waals surface area contributed by atoms with Gasteiger partial charge in [-0.05, 0) is 6.92 Å². The van der Waals surface area contributed by atoms with Gasteiger partial charge < -0.3 is 25.4 Å². The van der Waals surface area contributed by atoms with Crippen LogP contribution in [-0.4, -0.2) is 55.7 Å². The zero-order valence-corrected chi connectivity index (χ0v) is 10.7.